The van der Waals surface area contributed by atoms with Crippen molar-refractivity contribution in [1.29, 1.82) is 0 Å². The first-order chi connectivity index (χ1) is 9.41. The third kappa shape index (κ3) is 4.60. The van der Waals surface area contributed by atoms with E-state index >= 15 is 0 Å². The second-order valence-corrected chi connectivity index (χ2v) is 5.31. The summed E-state index contributed by atoms with van der Waals surface area (Å²) in [5.74, 6) is -0.550. The van der Waals surface area contributed by atoms with Gasteiger partial charge < -0.3 is 4.74 Å². The van der Waals surface area contributed by atoms with Gasteiger partial charge in [0.05, 0.1) is 6.61 Å². The van der Waals surface area contributed by atoms with E-state index in [1.165, 1.54) is 12.1 Å². The van der Waals surface area contributed by atoms with Gasteiger partial charge in [0.1, 0.15) is 11.4 Å². The average molecular weight is 281 g/mol. The van der Waals surface area contributed by atoms with Gasteiger partial charge in [-0.3, -0.25) is 10.1 Å². The van der Waals surface area contributed by atoms with Crippen molar-refractivity contribution in [3.05, 3.63) is 35.6 Å². The minimum Gasteiger partial charge on any atom is -0.465 e. The van der Waals surface area contributed by atoms with Crippen LogP contribution in [0, 0.1) is 5.82 Å². The highest BCUT2D eigenvalue weighted by atomic mass is 19.1. The first-order valence-electron chi connectivity index (χ1n) is 7.10. The monoisotopic (exact) mass is 281 g/mol. The zero-order valence-corrected chi connectivity index (χ0v) is 12.7. The Morgan fingerprint density at radius 1 is 1.35 bits per heavy atom. The lowest BCUT2D eigenvalue weighted by atomic mass is 9.91. The molecule has 1 aromatic carbocycles. The molecular formula is C16H24FNO2. The van der Waals surface area contributed by atoms with Crippen LogP contribution < -0.4 is 5.32 Å². The summed E-state index contributed by atoms with van der Waals surface area (Å²) in [6.07, 6.45) is 1.38. The van der Waals surface area contributed by atoms with Crippen LogP contribution in [0.3, 0.4) is 0 Å². The molecule has 112 valence electrons. The Kier molecular flexibility index (Phi) is 6.14. The van der Waals surface area contributed by atoms with Crippen molar-refractivity contribution in [3.63, 3.8) is 0 Å². The van der Waals surface area contributed by atoms with Crippen molar-refractivity contribution in [1.82, 2.24) is 5.32 Å². The molecule has 20 heavy (non-hydrogen) atoms. The lowest BCUT2D eigenvalue weighted by Crippen LogP contribution is -2.55. The summed E-state index contributed by atoms with van der Waals surface area (Å²) in [4.78, 5) is 12.2. The predicted molar refractivity (Wildman–Crippen MR) is 78.0 cm³/mol. The lowest BCUT2D eigenvalue weighted by molar-refractivity contribution is -0.150. The standard InChI is InChI=1S/C16H24FNO2/c1-5-12(3)18-16(4,15(19)20-6-2)11-13-7-9-14(17)10-8-13/h7-10,12,18H,5-6,11H2,1-4H3. The van der Waals surface area contributed by atoms with E-state index in [-0.39, 0.29) is 17.8 Å². The maximum Gasteiger partial charge on any atom is 0.326 e. The molecule has 3 nitrogen and oxygen atoms in total. The normalized spacial score (nSPS) is 15.4. The van der Waals surface area contributed by atoms with Crippen molar-refractivity contribution in [2.45, 2.75) is 52.1 Å². The quantitative estimate of drug-likeness (QED) is 0.781. The highest BCUT2D eigenvalue weighted by Crippen LogP contribution is 2.17. The number of carbonyl (C=O) groups is 1. The summed E-state index contributed by atoms with van der Waals surface area (Å²) in [5, 5.41) is 3.32. The number of hydrogen-bond donors (Lipinski definition) is 1. The number of rotatable bonds is 7. The van der Waals surface area contributed by atoms with Crippen molar-refractivity contribution in [3.8, 4) is 0 Å². The Balaban J connectivity index is 2.91. The minimum atomic E-state index is -0.802. The summed E-state index contributed by atoms with van der Waals surface area (Å²) in [7, 11) is 0. The van der Waals surface area contributed by atoms with Gasteiger partial charge in [0.25, 0.3) is 0 Å². The van der Waals surface area contributed by atoms with Gasteiger partial charge in [-0.05, 0) is 44.9 Å². The summed E-state index contributed by atoms with van der Waals surface area (Å²) in [6, 6.07) is 6.41. The molecule has 0 heterocycles. The molecule has 0 aliphatic rings. The second-order valence-electron chi connectivity index (χ2n) is 5.31. The van der Waals surface area contributed by atoms with Crippen LogP contribution in [0.5, 0.6) is 0 Å². The van der Waals surface area contributed by atoms with Crippen molar-refractivity contribution >= 4 is 5.97 Å². The van der Waals surface area contributed by atoms with E-state index in [9.17, 15) is 9.18 Å². The maximum atomic E-state index is 13.0. The van der Waals surface area contributed by atoms with Crippen molar-refractivity contribution in [2.75, 3.05) is 6.61 Å². The number of hydrogen-bond acceptors (Lipinski definition) is 3. The van der Waals surface area contributed by atoms with Crippen molar-refractivity contribution < 1.29 is 13.9 Å². The van der Waals surface area contributed by atoms with Gasteiger partial charge in [-0.25, -0.2) is 4.39 Å². The van der Waals surface area contributed by atoms with Crippen LogP contribution >= 0.6 is 0 Å². The van der Waals surface area contributed by atoms with Crippen LogP contribution in [0.1, 0.15) is 39.7 Å². The highest BCUT2D eigenvalue weighted by Gasteiger charge is 2.35. The number of esters is 1. The molecule has 1 rings (SSSR count). The van der Waals surface area contributed by atoms with Crippen LogP contribution in [0.4, 0.5) is 4.39 Å². The van der Waals surface area contributed by atoms with Gasteiger partial charge in [-0.1, -0.05) is 19.1 Å². The first kappa shape index (κ1) is 16.6. The van der Waals surface area contributed by atoms with Gasteiger partial charge in [0, 0.05) is 12.5 Å². The molecule has 0 amide bonds. The number of halogens is 1. The Morgan fingerprint density at radius 2 is 1.95 bits per heavy atom. The fraction of sp³-hybridized carbons (Fsp3) is 0.562. The van der Waals surface area contributed by atoms with E-state index in [1.54, 1.807) is 19.1 Å². The van der Waals surface area contributed by atoms with Gasteiger partial charge in [0.15, 0.2) is 0 Å². The molecule has 1 N–H and O–H groups in total. The molecule has 0 saturated carbocycles. The number of nitrogens with one attached hydrogen (secondary N) is 1. The summed E-state index contributed by atoms with van der Waals surface area (Å²) in [5.41, 5.74) is 0.0984. The minimum absolute atomic E-state index is 0.199. The van der Waals surface area contributed by atoms with Crippen molar-refractivity contribution in [2.24, 2.45) is 0 Å². The van der Waals surface area contributed by atoms with Crippen LogP contribution in [-0.2, 0) is 16.0 Å². The third-order valence-electron chi connectivity index (χ3n) is 3.37. The SMILES string of the molecule is CCOC(=O)C(C)(Cc1ccc(F)cc1)NC(C)CC. The van der Waals surface area contributed by atoms with Gasteiger partial charge in [-0.15, -0.1) is 0 Å². The topological polar surface area (TPSA) is 38.3 Å². The highest BCUT2D eigenvalue weighted by molar-refractivity contribution is 5.80. The Morgan fingerprint density at radius 3 is 2.45 bits per heavy atom. The Labute approximate surface area is 120 Å². The average Bonchev–Trinajstić information content (AvgIpc) is 2.41. The fourth-order valence-corrected chi connectivity index (χ4v) is 2.13. The van der Waals surface area contributed by atoms with Crippen LogP contribution in [-0.4, -0.2) is 24.2 Å². The molecular weight excluding hydrogens is 257 g/mol. The maximum absolute atomic E-state index is 13.0. The third-order valence-corrected chi connectivity index (χ3v) is 3.37. The van der Waals surface area contributed by atoms with Crippen LogP contribution in [0.25, 0.3) is 0 Å². The Bertz CT molecular complexity index is 433. The molecule has 0 aromatic heterocycles. The number of carbonyl (C=O) groups excluding carboxylic acids is 1. The van der Waals surface area contributed by atoms with E-state index in [0.717, 1.165) is 12.0 Å². The van der Waals surface area contributed by atoms with Crippen LogP contribution in [0.2, 0.25) is 0 Å². The van der Waals surface area contributed by atoms with Gasteiger partial charge in [-0.2, -0.15) is 0 Å². The molecule has 4 heteroatoms. The number of benzene rings is 1. The zero-order chi connectivity index (χ0) is 15.2. The smallest absolute Gasteiger partial charge is 0.326 e. The Hall–Kier alpha value is -1.42. The molecule has 0 aliphatic carbocycles. The fourth-order valence-electron chi connectivity index (χ4n) is 2.13. The lowest BCUT2D eigenvalue weighted by Gasteiger charge is -2.31. The van der Waals surface area contributed by atoms with Crippen LogP contribution in [0.15, 0.2) is 24.3 Å². The molecule has 0 saturated heterocycles. The molecule has 2 unspecified atom stereocenters. The zero-order valence-electron chi connectivity index (χ0n) is 12.7. The predicted octanol–water partition coefficient (Wildman–Crippen LogP) is 3.08. The summed E-state index contributed by atoms with van der Waals surface area (Å²) >= 11 is 0. The largest absolute Gasteiger partial charge is 0.465 e. The van der Waals surface area contributed by atoms with E-state index in [0.29, 0.717) is 13.0 Å². The molecule has 0 fully saturated rings. The first-order valence-corrected chi connectivity index (χ1v) is 7.10. The molecule has 2 atom stereocenters. The summed E-state index contributed by atoms with van der Waals surface area (Å²) < 4.78 is 18.1. The summed E-state index contributed by atoms with van der Waals surface area (Å²) in [6.45, 7) is 8.06. The van der Waals surface area contributed by atoms with E-state index in [4.69, 9.17) is 4.74 Å². The van der Waals surface area contributed by atoms with E-state index < -0.39 is 5.54 Å². The van der Waals surface area contributed by atoms with E-state index in [1.807, 2.05) is 13.8 Å². The molecule has 0 aliphatic heterocycles. The van der Waals surface area contributed by atoms with Gasteiger partial charge >= 0.3 is 5.97 Å². The molecule has 1 aromatic rings. The van der Waals surface area contributed by atoms with Gasteiger partial charge in [0.2, 0.25) is 0 Å². The molecule has 0 spiro atoms. The second kappa shape index (κ2) is 7.39. The number of ether oxygens (including phenoxy) is 1. The molecule has 0 radical (unpaired) electrons. The molecule has 0 bridgehead atoms. The van der Waals surface area contributed by atoms with E-state index in [2.05, 4.69) is 12.2 Å².